The predicted octanol–water partition coefficient (Wildman–Crippen LogP) is 2.81. The molecule has 0 fully saturated rings. The van der Waals surface area contributed by atoms with Crippen LogP contribution in [0, 0.1) is 0 Å². The summed E-state index contributed by atoms with van der Waals surface area (Å²) in [6, 6.07) is 15.1. The van der Waals surface area contributed by atoms with Crippen LogP contribution in [0.1, 0.15) is 11.1 Å². The topological polar surface area (TPSA) is 104 Å². The average Bonchev–Trinajstić information content (AvgIpc) is 2.57. The Labute approximate surface area is 139 Å². The van der Waals surface area contributed by atoms with Crippen molar-refractivity contribution >= 4 is 18.0 Å². The van der Waals surface area contributed by atoms with Crippen LogP contribution in [0.25, 0.3) is 6.08 Å². The Morgan fingerprint density at radius 2 is 1.58 bits per heavy atom. The van der Waals surface area contributed by atoms with Gasteiger partial charge in [0.15, 0.2) is 0 Å². The number of phenols is 1. The molecule has 126 valence electrons. The maximum absolute atomic E-state index is 9.19. The van der Waals surface area contributed by atoms with Crippen LogP contribution in [0.15, 0.2) is 54.6 Å². The number of ether oxygens (including phenoxy) is 1. The third kappa shape index (κ3) is 6.65. The van der Waals surface area contributed by atoms with E-state index in [-0.39, 0.29) is 5.75 Å². The monoisotopic (exact) mass is 330 g/mol. The molecule has 2 aromatic carbocycles. The fraction of sp³-hybridized carbons (Fsp3) is 0.111. The molecule has 0 heterocycles. The highest BCUT2D eigenvalue weighted by Crippen LogP contribution is 2.18. The molecular formula is C18H18O6. The van der Waals surface area contributed by atoms with Gasteiger partial charge < -0.3 is 20.1 Å². The van der Waals surface area contributed by atoms with Gasteiger partial charge in [-0.2, -0.15) is 0 Å². The number of para-hydroxylation sites is 1. The second kappa shape index (κ2) is 9.68. The van der Waals surface area contributed by atoms with Crippen molar-refractivity contribution in [2.45, 2.75) is 6.42 Å². The molecule has 0 unspecified atom stereocenters. The van der Waals surface area contributed by atoms with Gasteiger partial charge in [0.2, 0.25) is 0 Å². The number of benzene rings is 2. The third-order valence-corrected chi connectivity index (χ3v) is 2.92. The number of aliphatic carboxylic acids is 2. The molecule has 6 heteroatoms. The second-order valence-electron chi connectivity index (χ2n) is 4.62. The van der Waals surface area contributed by atoms with Crippen molar-refractivity contribution in [3.8, 4) is 11.5 Å². The molecule has 2 aromatic rings. The van der Waals surface area contributed by atoms with E-state index in [1.165, 1.54) is 0 Å². The minimum absolute atomic E-state index is 0.289. The zero-order valence-electron chi connectivity index (χ0n) is 13.0. The molecule has 0 aliphatic heterocycles. The van der Waals surface area contributed by atoms with Crippen LogP contribution in [-0.2, 0) is 16.0 Å². The molecule has 2 rings (SSSR count). The quantitative estimate of drug-likeness (QED) is 0.745. The lowest BCUT2D eigenvalue weighted by Crippen LogP contribution is -2.09. The van der Waals surface area contributed by atoms with Gasteiger partial charge in [-0.25, -0.2) is 9.59 Å². The predicted molar refractivity (Wildman–Crippen MR) is 89.1 cm³/mol. The summed E-state index contributed by atoms with van der Waals surface area (Å²) in [6.45, 7) is 0. The van der Waals surface area contributed by atoms with Gasteiger partial charge in [0, 0.05) is 0 Å². The molecule has 0 aliphatic rings. The van der Waals surface area contributed by atoms with Gasteiger partial charge in [-0.1, -0.05) is 42.5 Å². The highest BCUT2D eigenvalue weighted by Gasteiger charge is 2.04. The molecule has 6 nitrogen and oxygen atoms in total. The molecule has 24 heavy (non-hydrogen) atoms. The van der Waals surface area contributed by atoms with Gasteiger partial charge in [0.05, 0.1) is 7.11 Å². The fourth-order valence-corrected chi connectivity index (χ4v) is 1.78. The smallest absolute Gasteiger partial charge is 0.414 e. The Kier molecular flexibility index (Phi) is 7.57. The van der Waals surface area contributed by atoms with Crippen LogP contribution >= 0.6 is 0 Å². The maximum atomic E-state index is 9.19. The standard InChI is InChI=1S/C16H16O2.C2H2O4/c1-18-16-8-3-2-6-14(16)7-4-5-13-9-11-15(17)12-10-13;3-1(4)2(5)6/h2-6,8-12,17H,7H2,1H3;(H,3,4)(H,5,6). The van der Waals surface area contributed by atoms with Gasteiger partial charge >= 0.3 is 11.9 Å². The summed E-state index contributed by atoms with van der Waals surface area (Å²) >= 11 is 0. The van der Waals surface area contributed by atoms with Crippen molar-refractivity contribution in [1.29, 1.82) is 0 Å². The number of hydrogen-bond donors (Lipinski definition) is 3. The first kappa shape index (κ1) is 18.8. The van der Waals surface area contributed by atoms with Crippen molar-refractivity contribution in [3.05, 3.63) is 65.7 Å². The first-order valence-electron chi connectivity index (χ1n) is 6.97. The summed E-state index contributed by atoms with van der Waals surface area (Å²) in [6.07, 6.45) is 4.95. The molecular weight excluding hydrogens is 312 g/mol. The van der Waals surface area contributed by atoms with E-state index in [0.717, 1.165) is 23.3 Å². The number of carboxylic acids is 2. The molecule has 0 amide bonds. The summed E-state index contributed by atoms with van der Waals surface area (Å²) in [5, 5.41) is 24.0. The van der Waals surface area contributed by atoms with Gasteiger partial charge in [-0.3, -0.25) is 0 Å². The molecule has 0 radical (unpaired) electrons. The molecule has 0 saturated carbocycles. The third-order valence-electron chi connectivity index (χ3n) is 2.92. The molecule has 0 bridgehead atoms. The highest BCUT2D eigenvalue weighted by molar-refractivity contribution is 6.27. The summed E-state index contributed by atoms with van der Waals surface area (Å²) in [5.74, 6) is -2.45. The summed E-state index contributed by atoms with van der Waals surface area (Å²) in [4.78, 5) is 18.2. The van der Waals surface area contributed by atoms with Crippen LogP contribution in [0.4, 0.5) is 0 Å². The molecule has 0 atom stereocenters. The summed E-state index contributed by atoms with van der Waals surface area (Å²) < 4.78 is 5.30. The maximum Gasteiger partial charge on any atom is 0.414 e. The number of methoxy groups -OCH3 is 1. The number of hydrogen-bond acceptors (Lipinski definition) is 4. The first-order chi connectivity index (χ1) is 11.4. The van der Waals surface area contributed by atoms with Crippen LogP contribution in [-0.4, -0.2) is 34.4 Å². The van der Waals surface area contributed by atoms with Gasteiger partial charge in [-0.15, -0.1) is 0 Å². The van der Waals surface area contributed by atoms with E-state index >= 15 is 0 Å². The number of carboxylic acid groups (broad SMARTS) is 2. The lowest BCUT2D eigenvalue weighted by Gasteiger charge is -2.05. The van der Waals surface area contributed by atoms with Crippen molar-refractivity contribution in [3.63, 3.8) is 0 Å². The molecule has 0 aromatic heterocycles. The number of allylic oxidation sites excluding steroid dienone is 1. The number of aromatic hydroxyl groups is 1. The fourth-order valence-electron chi connectivity index (χ4n) is 1.78. The highest BCUT2D eigenvalue weighted by atomic mass is 16.5. The van der Waals surface area contributed by atoms with E-state index in [1.54, 1.807) is 19.2 Å². The number of carbonyl (C=O) groups is 2. The molecule has 0 spiro atoms. The van der Waals surface area contributed by atoms with Crippen molar-refractivity contribution < 1.29 is 29.6 Å². The Hall–Kier alpha value is -3.28. The lowest BCUT2D eigenvalue weighted by atomic mass is 10.1. The largest absolute Gasteiger partial charge is 0.508 e. The van der Waals surface area contributed by atoms with Crippen LogP contribution in [0.3, 0.4) is 0 Å². The van der Waals surface area contributed by atoms with E-state index in [9.17, 15) is 5.11 Å². The van der Waals surface area contributed by atoms with Crippen LogP contribution < -0.4 is 4.74 Å². The van der Waals surface area contributed by atoms with E-state index < -0.39 is 11.9 Å². The van der Waals surface area contributed by atoms with Crippen LogP contribution in [0.5, 0.6) is 11.5 Å². The Morgan fingerprint density at radius 1 is 1.00 bits per heavy atom. The van der Waals surface area contributed by atoms with Crippen molar-refractivity contribution in [1.82, 2.24) is 0 Å². The molecule has 0 aliphatic carbocycles. The van der Waals surface area contributed by atoms with Crippen molar-refractivity contribution in [2.75, 3.05) is 7.11 Å². The van der Waals surface area contributed by atoms with E-state index in [0.29, 0.717) is 0 Å². The summed E-state index contributed by atoms with van der Waals surface area (Å²) in [5.41, 5.74) is 2.23. The Morgan fingerprint density at radius 3 is 2.12 bits per heavy atom. The van der Waals surface area contributed by atoms with Crippen LogP contribution in [0.2, 0.25) is 0 Å². The van der Waals surface area contributed by atoms with Gasteiger partial charge in [0.1, 0.15) is 11.5 Å². The number of phenolic OH excluding ortho intramolecular Hbond substituents is 1. The SMILES string of the molecule is COc1ccccc1CC=Cc1ccc(O)cc1.O=C(O)C(=O)O. The Balaban J connectivity index is 0.000000413. The Bertz CT molecular complexity index is 692. The zero-order valence-corrected chi connectivity index (χ0v) is 13.0. The van der Waals surface area contributed by atoms with Gasteiger partial charge in [0.25, 0.3) is 0 Å². The molecule has 0 saturated heterocycles. The molecule has 3 N–H and O–H groups in total. The minimum atomic E-state index is -1.82. The lowest BCUT2D eigenvalue weighted by molar-refractivity contribution is -0.159. The second-order valence-corrected chi connectivity index (χ2v) is 4.62. The van der Waals surface area contributed by atoms with E-state index in [4.69, 9.17) is 24.5 Å². The average molecular weight is 330 g/mol. The number of rotatable bonds is 4. The van der Waals surface area contributed by atoms with E-state index in [1.807, 2.05) is 36.4 Å². The van der Waals surface area contributed by atoms with Crippen molar-refractivity contribution in [2.24, 2.45) is 0 Å². The minimum Gasteiger partial charge on any atom is -0.508 e. The summed E-state index contributed by atoms with van der Waals surface area (Å²) in [7, 11) is 1.68. The van der Waals surface area contributed by atoms with E-state index in [2.05, 4.69) is 12.1 Å². The van der Waals surface area contributed by atoms with Gasteiger partial charge in [-0.05, 0) is 35.7 Å². The normalized spacial score (nSPS) is 9.88. The zero-order chi connectivity index (χ0) is 17.9. The first-order valence-corrected chi connectivity index (χ1v) is 6.97.